The van der Waals surface area contributed by atoms with Crippen LogP contribution < -0.4 is 0 Å². The molecular weight excluding hydrogens is 332 g/mol. The van der Waals surface area contributed by atoms with Gasteiger partial charge in [0.1, 0.15) is 4.34 Å². The number of amides is 1. The van der Waals surface area contributed by atoms with Gasteiger partial charge in [-0.25, -0.2) is 0 Å². The Bertz CT molecular complexity index is 686. The van der Waals surface area contributed by atoms with Gasteiger partial charge in [-0.05, 0) is 30.4 Å². The van der Waals surface area contributed by atoms with Gasteiger partial charge in [-0.15, -0.1) is 11.3 Å². The highest BCUT2D eigenvalue weighted by atomic mass is 35.5. The second-order valence-corrected chi connectivity index (χ2v) is 7.73. The second kappa shape index (κ2) is 6.26. The first-order valence-corrected chi connectivity index (χ1v) is 9.23. The van der Waals surface area contributed by atoms with E-state index in [-0.39, 0.29) is 5.91 Å². The summed E-state index contributed by atoms with van der Waals surface area (Å²) in [6.45, 7) is 3.67. The Hall–Kier alpha value is -1.37. The van der Waals surface area contributed by atoms with Gasteiger partial charge < -0.3 is 4.90 Å². The van der Waals surface area contributed by atoms with E-state index in [0.29, 0.717) is 22.0 Å². The van der Waals surface area contributed by atoms with Gasteiger partial charge in [0.2, 0.25) is 0 Å². The Labute approximate surface area is 144 Å². The highest BCUT2D eigenvalue weighted by Crippen LogP contribution is 2.32. The molecular formula is C16H19ClN4OS. The van der Waals surface area contributed by atoms with E-state index >= 15 is 0 Å². The van der Waals surface area contributed by atoms with E-state index in [4.69, 9.17) is 11.6 Å². The largest absolute Gasteiger partial charge is 0.333 e. The van der Waals surface area contributed by atoms with E-state index in [1.807, 2.05) is 39.5 Å². The molecule has 7 heteroatoms. The number of halogens is 1. The molecule has 0 spiro atoms. The molecule has 0 radical (unpaired) electrons. The zero-order valence-electron chi connectivity index (χ0n) is 12.8. The third-order valence-corrected chi connectivity index (χ3v) is 6.10. The van der Waals surface area contributed by atoms with Crippen LogP contribution in [-0.4, -0.2) is 57.2 Å². The van der Waals surface area contributed by atoms with Gasteiger partial charge in [0.05, 0.1) is 12.1 Å². The molecule has 1 amide bonds. The van der Waals surface area contributed by atoms with Gasteiger partial charge in [-0.2, -0.15) is 5.10 Å². The van der Waals surface area contributed by atoms with Crippen molar-refractivity contribution in [3.05, 3.63) is 39.8 Å². The second-order valence-electron chi connectivity index (χ2n) is 6.21. The van der Waals surface area contributed by atoms with Crippen LogP contribution in [0.3, 0.4) is 0 Å². The molecule has 3 aliphatic heterocycles. The maximum atomic E-state index is 12.7. The Morgan fingerprint density at radius 3 is 2.83 bits per heavy atom. The molecule has 3 aliphatic rings. The van der Waals surface area contributed by atoms with Crippen molar-refractivity contribution >= 4 is 28.8 Å². The number of aromatic nitrogens is 2. The van der Waals surface area contributed by atoms with E-state index in [1.165, 1.54) is 17.8 Å². The van der Waals surface area contributed by atoms with Crippen molar-refractivity contribution in [2.24, 2.45) is 0 Å². The summed E-state index contributed by atoms with van der Waals surface area (Å²) in [5.41, 5.74) is 0.660. The number of piperazine rings is 1. The summed E-state index contributed by atoms with van der Waals surface area (Å²) in [5, 5.41) is 6.14. The Balaban J connectivity index is 1.41. The molecule has 2 aromatic heterocycles. The lowest BCUT2D eigenvalue weighted by Crippen LogP contribution is -2.64. The number of carbonyl (C=O) groups is 1. The van der Waals surface area contributed by atoms with Crippen LogP contribution in [0.15, 0.2) is 29.9 Å². The predicted molar refractivity (Wildman–Crippen MR) is 91.0 cm³/mol. The summed E-state index contributed by atoms with van der Waals surface area (Å²) in [4.78, 5) is 17.3. The Kier molecular flexibility index (Phi) is 4.13. The number of rotatable bonds is 4. The van der Waals surface area contributed by atoms with E-state index in [0.717, 1.165) is 32.6 Å². The maximum Gasteiger partial charge on any atom is 0.256 e. The molecule has 2 unspecified atom stereocenters. The summed E-state index contributed by atoms with van der Waals surface area (Å²) < 4.78 is 2.57. The summed E-state index contributed by atoms with van der Waals surface area (Å²) in [7, 11) is 0. The minimum Gasteiger partial charge on any atom is -0.333 e. The fraction of sp³-hybridized carbons (Fsp3) is 0.500. The zero-order chi connectivity index (χ0) is 15.8. The number of fused-ring (bicyclic) bond motifs is 3. The molecule has 122 valence electrons. The molecule has 2 bridgehead atoms. The summed E-state index contributed by atoms with van der Waals surface area (Å²) in [5.74, 6) is 0.0951. The number of thiophene rings is 1. The predicted octanol–water partition coefficient (Wildman–Crippen LogP) is 2.59. The van der Waals surface area contributed by atoms with Crippen LogP contribution >= 0.6 is 22.9 Å². The van der Waals surface area contributed by atoms with E-state index in [1.54, 1.807) is 0 Å². The lowest BCUT2D eigenvalue weighted by atomic mass is 9.90. The topological polar surface area (TPSA) is 41.4 Å². The fourth-order valence-electron chi connectivity index (χ4n) is 3.70. The lowest BCUT2D eigenvalue weighted by molar-refractivity contribution is -0.0131. The third kappa shape index (κ3) is 2.91. The van der Waals surface area contributed by atoms with Gasteiger partial charge in [-0.1, -0.05) is 11.6 Å². The minimum absolute atomic E-state index is 0.0951. The van der Waals surface area contributed by atoms with E-state index in [2.05, 4.69) is 10.00 Å². The number of hydrogen-bond acceptors (Lipinski definition) is 4. The van der Waals surface area contributed by atoms with Gasteiger partial charge >= 0.3 is 0 Å². The van der Waals surface area contributed by atoms with Crippen molar-refractivity contribution in [2.45, 2.75) is 31.5 Å². The molecule has 23 heavy (non-hydrogen) atoms. The third-order valence-electron chi connectivity index (χ3n) is 4.93. The van der Waals surface area contributed by atoms with Crippen molar-refractivity contribution < 1.29 is 4.79 Å². The molecule has 3 fully saturated rings. The fourth-order valence-corrected chi connectivity index (χ4v) is 4.61. The van der Waals surface area contributed by atoms with E-state index in [9.17, 15) is 4.79 Å². The van der Waals surface area contributed by atoms with Gasteiger partial charge in [0.25, 0.3) is 5.91 Å². The van der Waals surface area contributed by atoms with Crippen molar-refractivity contribution in [3.8, 4) is 0 Å². The van der Waals surface area contributed by atoms with Crippen LogP contribution in [0.5, 0.6) is 0 Å². The van der Waals surface area contributed by atoms with Crippen molar-refractivity contribution in [1.82, 2.24) is 19.6 Å². The molecule has 2 aromatic rings. The first-order chi connectivity index (χ1) is 11.2. The number of carbonyl (C=O) groups excluding carboxylic acids is 1. The monoisotopic (exact) mass is 350 g/mol. The van der Waals surface area contributed by atoms with Crippen LogP contribution in [0, 0.1) is 0 Å². The van der Waals surface area contributed by atoms with Gasteiger partial charge in [-0.3, -0.25) is 14.4 Å². The van der Waals surface area contributed by atoms with Crippen LogP contribution in [0.4, 0.5) is 0 Å². The lowest BCUT2D eigenvalue weighted by Gasteiger charge is -2.51. The molecule has 0 aliphatic carbocycles. The van der Waals surface area contributed by atoms with Gasteiger partial charge in [0, 0.05) is 44.1 Å². The Morgan fingerprint density at radius 2 is 2.17 bits per heavy atom. The van der Waals surface area contributed by atoms with Crippen molar-refractivity contribution in [1.29, 1.82) is 0 Å². The molecule has 0 aromatic carbocycles. The molecule has 0 N–H and O–H groups in total. The van der Waals surface area contributed by atoms with Crippen LogP contribution in [-0.2, 0) is 6.54 Å². The average molecular weight is 351 g/mol. The van der Waals surface area contributed by atoms with Crippen LogP contribution in [0.2, 0.25) is 4.34 Å². The quantitative estimate of drug-likeness (QED) is 0.851. The molecule has 5 nitrogen and oxygen atoms in total. The molecule has 5 rings (SSSR count). The highest BCUT2D eigenvalue weighted by Gasteiger charge is 2.41. The maximum absolute atomic E-state index is 12.7. The van der Waals surface area contributed by atoms with Crippen LogP contribution in [0.25, 0.3) is 0 Å². The SMILES string of the molecule is O=C(c1ccsc1Cl)N1CC2CCC1CN2CCn1cccn1. The first kappa shape index (κ1) is 15.2. The Morgan fingerprint density at radius 1 is 1.30 bits per heavy atom. The zero-order valence-corrected chi connectivity index (χ0v) is 14.3. The number of nitrogens with zero attached hydrogens (tertiary/aromatic N) is 4. The van der Waals surface area contributed by atoms with Crippen LogP contribution in [0.1, 0.15) is 23.2 Å². The minimum atomic E-state index is 0.0951. The molecule has 0 saturated carbocycles. The smallest absolute Gasteiger partial charge is 0.256 e. The summed E-state index contributed by atoms with van der Waals surface area (Å²) in [6.07, 6.45) is 6.07. The van der Waals surface area contributed by atoms with Gasteiger partial charge in [0.15, 0.2) is 0 Å². The molecule has 3 saturated heterocycles. The summed E-state index contributed by atoms with van der Waals surface area (Å²) >= 11 is 7.56. The normalized spacial score (nSPS) is 24.3. The van der Waals surface area contributed by atoms with Crippen molar-refractivity contribution in [2.75, 3.05) is 19.6 Å². The van der Waals surface area contributed by atoms with E-state index < -0.39 is 0 Å². The number of piperidine rings is 2. The standard InChI is InChI=1S/C16H19ClN4OS/c17-15-14(4-9-23-15)16(22)21-11-12-2-3-13(21)10-19(12)7-8-20-6-1-5-18-20/h1,4-6,9,12-13H,2-3,7-8,10-11H2. The average Bonchev–Trinajstić information content (AvgIpc) is 3.24. The highest BCUT2D eigenvalue weighted by molar-refractivity contribution is 7.14. The van der Waals surface area contributed by atoms with Crippen molar-refractivity contribution in [3.63, 3.8) is 0 Å². The first-order valence-electron chi connectivity index (χ1n) is 7.98. The number of hydrogen-bond donors (Lipinski definition) is 0. The summed E-state index contributed by atoms with van der Waals surface area (Å²) in [6, 6.07) is 4.55. The molecule has 2 atom stereocenters. The molecule has 5 heterocycles.